The summed E-state index contributed by atoms with van der Waals surface area (Å²) in [6, 6.07) is 0. The van der Waals surface area contributed by atoms with Crippen LogP contribution >= 0.6 is 0 Å². The normalized spacial score (nSPS) is 10.9. The van der Waals surface area contributed by atoms with Crippen molar-refractivity contribution in [3.05, 3.63) is 0 Å². The summed E-state index contributed by atoms with van der Waals surface area (Å²) >= 11 is -5.17. The average Bonchev–Trinajstić information content (AvgIpc) is 0.722. The first-order valence-corrected chi connectivity index (χ1v) is 5.98. The molecular formula is H4CoNiO4W. The summed E-state index contributed by atoms with van der Waals surface area (Å²) in [5.41, 5.74) is 0. The van der Waals surface area contributed by atoms with Gasteiger partial charge >= 0.3 is 32.6 Å². The van der Waals surface area contributed by atoms with Crippen LogP contribution in [0.4, 0.5) is 0 Å². The van der Waals surface area contributed by atoms with Crippen LogP contribution in [0, 0.1) is 0 Å². The van der Waals surface area contributed by atoms with Gasteiger partial charge in [-0.25, -0.2) is 0 Å². The van der Waals surface area contributed by atoms with E-state index in [1.807, 2.05) is 0 Å². The molecule has 0 aromatic carbocycles. The van der Waals surface area contributed by atoms with Crippen molar-refractivity contribution in [1.29, 1.82) is 0 Å². The molecule has 0 aliphatic rings. The standard InChI is InChI=1S/Co.Ni.4H2O.W/h;;4*1H2;/q;;;;;;+4/p-4. The van der Waals surface area contributed by atoms with Crippen LogP contribution in [-0.4, -0.2) is 15.0 Å². The Bertz CT molecular complexity index is 27.2. The van der Waals surface area contributed by atoms with Gasteiger partial charge < -0.3 is 0 Å². The Kier molecular flexibility index (Phi) is 12.8. The summed E-state index contributed by atoms with van der Waals surface area (Å²) in [5, 5.41) is 0. The van der Waals surface area contributed by atoms with Gasteiger partial charge in [0.05, 0.1) is 0 Å². The quantitative estimate of drug-likeness (QED) is 0.364. The molecule has 4 nitrogen and oxygen atoms in total. The van der Waals surface area contributed by atoms with Gasteiger partial charge in [-0.15, -0.1) is 0 Å². The summed E-state index contributed by atoms with van der Waals surface area (Å²) in [6.07, 6.45) is 0. The molecule has 0 unspecified atom stereocenters. The van der Waals surface area contributed by atoms with Crippen LogP contribution < -0.4 is 0 Å². The zero-order chi connectivity index (χ0) is 4.50. The Labute approximate surface area is 65.7 Å². The summed E-state index contributed by atoms with van der Waals surface area (Å²) in [5.74, 6) is 0. The molecule has 0 aliphatic carbocycles. The van der Waals surface area contributed by atoms with Crippen molar-refractivity contribution in [2.24, 2.45) is 0 Å². The van der Waals surface area contributed by atoms with Gasteiger partial charge in [0, 0.05) is 33.3 Å². The second kappa shape index (κ2) is 5.66. The van der Waals surface area contributed by atoms with E-state index >= 15 is 0 Å². The summed E-state index contributed by atoms with van der Waals surface area (Å²) in [7, 11) is 0. The second-order valence-electron chi connectivity index (χ2n) is 0.490. The maximum atomic E-state index is 7.40. The molecule has 0 fully saturated rings. The predicted octanol–water partition coefficient (Wildman–Crippen LogP) is -2.24. The zero-order valence-electron chi connectivity index (χ0n) is 2.85. The Morgan fingerprint density at radius 2 is 0.857 bits per heavy atom. The molecule has 0 aromatic rings. The van der Waals surface area contributed by atoms with E-state index in [0.29, 0.717) is 0 Å². The van der Waals surface area contributed by atoms with E-state index in [1.165, 1.54) is 0 Å². The molecule has 7 heteroatoms. The number of hydrogen-bond acceptors (Lipinski definition) is 4. The van der Waals surface area contributed by atoms with Crippen molar-refractivity contribution in [2.75, 3.05) is 0 Å². The molecule has 0 aromatic heterocycles. The predicted molar refractivity (Wildman–Crippen MR) is 8.88 cm³/mol. The van der Waals surface area contributed by atoms with Gasteiger partial charge in [-0.3, -0.25) is 0 Å². The zero-order valence-corrected chi connectivity index (χ0v) is 7.81. The molecule has 0 saturated carbocycles. The molecule has 0 bridgehead atoms. The van der Waals surface area contributed by atoms with E-state index in [1.54, 1.807) is 0 Å². The van der Waals surface area contributed by atoms with E-state index < -0.39 is 17.6 Å². The first kappa shape index (κ1) is 15.8. The maximum absolute atomic E-state index is 7.40. The van der Waals surface area contributed by atoms with Gasteiger partial charge in [0.2, 0.25) is 0 Å². The van der Waals surface area contributed by atoms with Crippen molar-refractivity contribution in [3.8, 4) is 0 Å². The van der Waals surface area contributed by atoms with Crippen molar-refractivity contribution >= 4 is 0 Å². The molecule has 7 heavy (non-hydrogen) atoms. The third-order valence-electron chi connectivity index (χ3n) is 0. The van der Waals surface area contributed by atoms with Gasteiger partial charge in [-0.2, -0.15) is 0 Å². The third kappa shape index (κ3) is 98.5. The summed E-state index contributed by atoms with van der Waals surface area (Å²) < 4.78 is 29.6. The van der Waals surface area contributed by atoms with Crippen LogP contribution in [0.1, 0.15) is 0 Å². The van der Waals surface area contributed by atoms with Crippen molar-refractivity contribution < 1.29 is 65.9 Å². The second-order valence-corrected chi connectivity index (χ2v) is 4.01. The van der Waals surface area contributed by atoms with E-state index in [0.717, 1.165) is 0 Å². The SMILES string of the molecule is [Co].[Ni].[OH][W]([OH])([OH])[OH]. The summed E-state index contributed by atoms with van der Waals surface area (Å²) in [6.45, 7) is 0. The van der Waals surface area contributed by atoms with E-state index in [9.17, 15) is 0 Å². The number of rotatable bonds is 0. The molecule has 0 saturated heterocycles. The monoisotopic (exact) mass is 369 g/mol. The Morgan fingerprint density at radius 1 is 0.857 bits per heavy atom. The van der Waals surface area contributed by atoms with Crippen LogP contribution in [0.3, 0.4) is 0 Å². The Morgan fingerprint density at radius 3 is 0.857 bits per heavy atom. The Hall–Kier alpha value is 1.53. The fraction of sp³-hybridized carbons (Fsp3) is 0. The molecular weight excluding hydrogens is 365 g/mol. The average molecular weight is 369 g/mol. The topological polar surface area (TPSA) is 80.9 Å². The van der Waals surface area contributed by atoms with E-state index in [4.69, 9.17) is 15.0 Å². The fourth-order valence-electron chi connectivity index (χ4n) is 0. The third-order valence-corrected chi connectivity index (χ3v) is 0. The van der Waals surface area contributed by atoms with Crippen molar-refractivity contribution in [2.45, 2.75) is 0 Å². The van der Waals surface area contributed by atoms with E-state index in [2.05, 4.69) is 0 Å². The van der Waals surface area contributed by atoms with Crippen LogP contribution in [0.25, 0.3) is 0 Å². The van der Waals surface area contributed by atoms with Crippen molar-refractivity contribution in [3.63, 3.8) is 0 Å². The molecule has 53 valence electrons. The molecule has 1 radical (unpaired) electrons. The van der Waals surface area contributed by atoms with Gasteiger partial charge in [0.25, 0.3) is 0 Å². The van der Waals surface area contributed by atoms with Crippen molar-refractivity contribution in [1.82, 2.24) is 0 Å². The fourth-order valence-corrected chi connectivity index (χ4v) is 0. The van der Waals surface area contributed by atoms with Crippen LogP contribution in [0.15, 0.2) is 0 Å². The van der Waals surface area contributed by atoms with Crippen LogP contribution in [0.2, 0.25) is 0 Å². The first-order valence-electron chi connectivity index (χ1n) is 0.730. The van der Waals surface area contributed by atoms with Crippen LogP contribution in [0.5, 0.6) is 0 Å². The first-order chi connectivity index (χ1) is 2.00. The van der Waals surface area contributed by atoms with Crippen LogP contribution in [-0.2, 0) is 50.9 Å². The molecule has 0 rings (SSSR count). The minimum atomic E-state index is -5.17. The van der Waals surface area contributed by atoms with Gasteiger partial charge in [0.15, 0.2) is 0 Å². The van der Waals surface area contributed by atoms with E-state index in [-0.39, 0.29) is 33.3 Å². The van der Waals surface area contributed by atoms with Gasteiger partial charge in [-0.05, 0) is 0 Å². The molecule has 0 atom stereocenters. The summed E-state index contributed by atoms with van der Waals surface area (Å²) in [4.78, 5) is 0. The molecule has 4 N–H and O–H groups in total. The van der Waals surface area contributed by atoms with Gasteiger partial charge in [0.1, 0.15) is 0 Å². The molecule has 0 spiro atoms. The minimum absolute atomic E-state index is 0. The van der Waals surface area contributed by atoms with Gasteiger partial charge in [-0.1, -0.05) is 0 Å². The molecule has 0 amide bonds. The Balaban J connectivity index is -0.0000000800. The number of hydrogen-bond donors (Lipinski definition) is 4. The molecule has 0 aliphatic heterocycles. The molecule has 0 heterocycles.